The fourth-order valence-corrected chi connectivity index (χ4v) is 1.80. The number of aromatic nitrogens is 2. The number of benzene rings is 1. The Morgan fingerprint density at radius 2 is 2.00 bits per heavy atom. The van der Waals surface area contributed by atoms with Gasteiger partial charge in [-0.3, -0.25) is 0 Å². The Balaban J connectivity index is 2.13. The number of rotatable bonds is 5. The summed E-state index contributed by atoms with van der Waals surface area (Å²) in [6.07, 6.45) is 0.857. The van der Waals surface area contributed by atoms with Crippen molar-refractivity contribution in [2.45, 2.75) is 26.3 Å². The molecule has 4 heteroatoms. The average molecular weight is 231 g/mol. The Labute approximate surface area is 101 Å². The molecule has 0 saturated heterocycles. The van der Waals surface area contributed by atoms with Gasteiger partial charge in [0, 0.05) is 6.92 Å². The number of likely N-dealkylation sites (N-methyl/N-ethyl adjacent to an activating group) is 1. The third kappa shape index (κ3) is 3.14. The van der Waals surface area contributed by atoms with E-state index in [4.69, 9.17) is 4.42 Å². The van der Waals surface area contributed by atoms with Crippen LogP contribution in [-0.2, 0) is 6.42 Å². The lowest BCUT2D eigenvalue weighted by molar-refractivity contribution is 0.389. The average Bonchev–Trinajstić information content (AvgIpc) is 2.77. The van der Waals surface area contributed by atoms with Crippen LogP contribution in [-0.4, -0.2) is 16.7 Å². The lowest BCUT2D eigenvalue weighted by Crippen LogP contribution is -2.23. The molecule has 4 nitrogen and oxygen atoms in total. The monoisotopic (exact) mass is 231 g/mol. The fourth-order valence-electron chi connectivity index (χ4n) is 1.80. The highest BCUT2D eigenvalue weighted by Gasteiger charge is 2.17. The van der Waals surface area contributed by atoms with E-state index in [1.807, 2.05) is 25.1 Å². The summed E-state index contributed by atoms with van der Waals surface area (Å²) in [4.78, 5) is 0. The van der Waals surface area contributed by atoms with Crippen LogP contribution in [0.25, 0.3) is 0 Å². The number of hydrogen-bond acceptors (Lipinski definition) is 4. The predicted octanol–water partition coefficient (Wildman–Crippen LogP) is 2.27. The van der Waals surface area contributed by atoms with E-state index in [9.17, 15) is 0 Å². The third-order valence-corrected chi connectivity index (χ3v) is 2.57. The maximum atomic E-state index is 5.49. The summed E-state index contributed by atoms with van der Waals surface area (Å²) in [6.45, 7) is 4.75. The van der Waals surface area contributed by atoms with Gasteiger partial charge in [-0.1, -0.05) is 37.3 Å². The van der Waals surface area contributed by atoms with Crippen LogP contribution < -0.4 is 5.32 Å². The Kier molecular flexibility index (Phi) is 3.88. The van der Waals surface area contributed by atoms with Gasteiger partial charge >= 0.3 is 0 Å². The van der Waals surface area contributed by atoms with E-state index in [0.29, 0.717) is 11.8 Å². The lowest BCUT2D eigenvalue weighted by atomic mass is 10.1. The highest BCUT2D eigenvalue weighted by atomic mass is 16.4. The molecular formula is C13H17N3O. The molecule has 0 unspecified atom stereocenters. The second kappa shape index (κ2) is 5.59. The van der Waals surface area contributed by atoms with Crippen LogP contribution in [0.1, 0.15) is 30.3 Å². The van der Waals surface area contributed by atoms with E-state index in [-0.39, 0.29) is 6.04 Å². The molecule has 0 bridgehead atoms. The molecule has 2 rings (SSSR count). The van der Waals surface area contributed by atoms with Crippen LogP contribution in [0.15, 0.2) is 34.7 Å². The number of aryl methyl sites for hydroxylation is 1. The molecule has 0 aliphatic carbocycles. The molecule has 0 fully saturated rings. The van der Waals surface area contributed by atoms with Gasteiger partial charge in [-0.25, -0.2) is 0 Å². The number of nitrogens with one attached hydrogen (secondary N) is 1. The SMILES string of the molecule is CCN[C@@H](Cc1ccccc1)c1nnc(C)o1. The molecule has 1 heterocycles. The Morgan fingerprint density at radius 1 is 1.24 bits per heavy atom. The number of nitrogens with zero attached hydrogens (tertiary/aromatic N) is 2. The normalized spacial score (nSPS) is 12.6. The zero-order chi connectivity index (χ0) is 12.1. The highest BCUT2D eigenvalue weighted by molar-refractivity contribution is 5.16. The molecule has 1 aromatic heterocycles. The van der Waals surface area contributed by atoms with Gasteiger partial charge in [0.1, 0.15) is 0 Å². The van der Waals surface area contributed by atoms with Gasteiger partial charge in [0.15, 0.2) is 0 Å². The standard InChI is InChI=1S/C13H17N3O/c1-3-14-12(13-16-15-10(2)17-13)9-11-7-5-4-6-8-11/h4-8,12,14H,3,9H2,1-2H3/t12-/m0/s1. The van der Waals surface area contributed by atoms with Crippen molar-refractivity contribution in [3.8, 4) is 0 Å². The molecule has 0 aliphatic heterocycles. The summed E-state index contributed by atoms with van der Waals surface area (Å²) < 4.78 is 5.49. The van der Waals surface area contributed by atoms with Crippen molar-refractivity contribution < 1.29 is 4.42 Å². The van der Waals surface area contributed by atoms with E-state index < -0.39 is 0 Å². The number of hydrogen-bond donors (Lipinski definition) is 1. The minimum absolute atomic E-state index is 0.0867. The molecule has 0 saturated carbocycles. The smallest absolute Gasteiger partial charge is 0.233 e. The first-order valence-electron chi connectivity index (χ1n) is 5.87. The summed E-state index contributed by atoms with van der Waals surface area (Å²) in [5.41, 5.74) is 1.26. The third-order valence-electron chi connectivity index (χ3n) is 2.57. The van der Waals surface area contributed by atoms with E-state index in [1.165, 1.54) is 5.56 Å². The van der Waals surface area contributed by atoms with Crippen molar-refractivity contribution in [3.63, 3.8) is 0 Å². The van der Waals surface area contributed by atoms with Gasteiger partial charge in [0.2, 0.25) is 11.8 Å². The van der Waals surface area contributed by atoms with Gasteiger partial charge in [-0.05, 0) is 18.5 Å². The largest absolute Gasteiger partial charge is 0.424 e. The first kappa shape index (κ1) is 11.8. The minimum atomic E-state index is 0.0867. The van der Waals surface area contributed by atoms with Crippen LogP contribution in [0.4, 0.5) is 0 Å². The Bertz CT molecular complexity index is 453. The van der Waals surface area contributed by atoms with E-state index in [2.05, 4.69) is 34.6 Å². The van der Waals surface area contributed by atoms with Gasteiger partial charge in [0.25, 0.3) is 0 Å². The molecule has 1 aromatic carbocycles. The quantitative estimate of drug-likeness (QED) is 0.857. The first-order chi connectivity index (χ1) is 8.29. The Hall–Kier alpha value is -1.68. The van der Waals surface area contributed by atoms with Gasteiger partial charge < -0.3 is 9.73 Å². The molecule has 0 amide bonds. The van der Waals surface area contributed by atoms with Crippen molar-refractivity contribution in [1.29, 1.82) is 0 Å². The Morgan fingerprint density at radius 3 is 2.59 bits per heavy atom. The summed E-state index contributed by atoms with van der Waals surface area (Å²) in [5.74, 6) is 1.27. The zero-order valence-electron chi connectivity index (χ0n) is 10.2. The van der Waals surface area contributed by atoms with Crippen molar-refractivity contribution in [3.05, 3.63) is 47.7 Å². The molecule has 90 valence electrons. The van der Waals surface area contributed by atoms with Crippen LogP contribution in [0.2, 0.25) is 0 Å². The van der Waals surface area contributed by atoms with Gasteiger partial charge in [-0.15, -0.1) is 10.2 Å². The van der Waals surface area contributed by atoms with E-state index in [1.54, 1.807) is 0 Å². The lowest BCUT2D eigenvalue weighted by Gasteiger charge is -2.13. The van der Waals surface area contributed by atoms with E-state index in [0.717, 1.165) is 13.0 Å². The van der Waals surface area contributed by atoms with Crippen molar-refractivity contribution in [1.82, 2.24) is 15.5 Å². The molecule has 0 aliphatic rings. The van der Waals surface area contributed by atoms with Gasteiger partial charge in [0.05, 0.1) is 6.04 Å². The van der Waals surface area contributed by atoms with Crippen LogP contribution in [0.3, 0.4) is 0 Å². The van der Waals surface area contributed by atoms with Crippen molar-refractivity contribution in [2.24, 2.45) is 0 Å². The summed E-state index contributed by atoms with van der Waals surface area (Å²) >= 11 is 0. The van der Waals surface area contributed by atoms with Crippen molar-refractivity contribution >= 4 is 0 Å². The molecule has 0 radical (unpaired) electrons. The van der Waals surface area contributed by atoms with Crippen LogP contribution >= 0.6 is 0 Å². The minimum Gasteiger partial charge on any atom is -0.424 e. The van der Waals surface area contributed by atoms with Crippen LogP contribution in [0, 0.1) is 6.92 Å². The molecule has 2 aromatic rings. The maximum absolute atomic E-state index is 5.49. The fraction of sp³-hybridized carbons (Fsp3) is 0.385. The van der Waals surface area contributed by atoms with E-state index >= 15 is 0 Å². The molecular weight excluding hydrogens is 214 g/mol. The summed E-state index contributed by atoms with van der Waals surface area (Å²) in [5, 5.41) is 11.3. The zero-order valence-corrected chi connectivity index (χ0v) is 10.2. The molecule has 17 heavy (non-hydrogen) atoms. The summed E-state index contributed by atoms with van der Waals surface area (Å²) in [7, 11) is 0. The maximum Gasteiger partial charge on any atom is 0.233 e. The second-order valence-corrected chi connectivity index (χ2v) is 3.96. The molecule has 0 spiro atoms. The molecule has 1 atom stereocenters. The second-order valence-electron chi connectivity index (χ2n) is 3.96. The van der Waals surface area contributed by atoms with Crippen molar-refractivity contribution in [2.75, 3.05) is 6.54 Å². The van der Waals surface area contributed by atoms with Crippen LogP contribution in [0.5, 0.6) is 0 Å². The topological polar surface area (TPSA) is 51.0 Å². The summed E-state index contributed by atoms with van der Waals surface area (Å²) in [6, 6.07) is 10.4. The molecule has 1 N–H and O–H groups in total. The predicted molar refractivity (Wildman–Crippen MR) is 65.6 cm³/mol. The highest BCUT2D eigenvalue weighted by Crippen LogP contribution is 2.16. The first-order valence-corrected chi connectivity index (χ1v) is 5.87. The van der Waals surface area contributed by atoms with Gasteiger partial charge in [-0.2, -0.15) is 0 Å².